The molecule has 0 aliphatic heterocycles. The molecule has 0 spiro atoms. The van der Waals surface area contributed by atoms with Crippen molar-refractivity contribution in [1.82, 2.24) is 24.6 Å². The Labute approximate surface area is 132 Å². The first-order chi connectivity index (χ1) is 11.4. The molecule has 4 aromatic rings. The number of fused-ring (bicyclic) bond motifs is 1. The zero-order valence-corrected chi connectivity index (χ0v) is 12.1. The van der Waals surface area contributed by atoms with E-state index in [0.717, 1.165) is 22.3 Å². The van der Waals surface area contributed by atoms with Crippen molar-refractivity contribution in [3.05, 3.63) is 78.8 Å². The Balaban J connectivity index is 1.67. The van der Waals surface area contributed by atoms with Crippen LogP contribution in [0.5, 0.6) is 0 Å². The summed E-state index contributed by atoms with van der Waals surface area (Å²) >= 11 is 0. The normalized spacial score (nSPS) is 10.3. The summed E-state index contributed by atoms with van der Waals surface area (Å²) in [6, 6.07) is 9.57. The number of aromatic nitrogens is 5. The first kappa shape index (κ1) is 13.2. The molecule has 0 N–H and O–H groups in total. The molecule has 5 heteroatoms. The van der Waals surface area contributed by atoms with E-state index < -0.39 is 0 Å². The maximum Gasteiger partial charge on any atom is 0.156 e. The standard InChI is InChI=1S/C18H11N5/c1-2-15(12-19-7-1)16-10-14(11-20-13-16)3-4-17-6-9-23-18(22-17)5-8-21-23/h1-2,5-13H. The van der Waals surface area contributed by atoms with Gasteiger partial charge in [0.05, 0.1) is 6.20 Å². The second-order valence-electron chi connectivity index (χ2n) is 4.90. The first-order valence-electron chi connectivity index (χ1n) is 7.06. The highest BCUT2D eigenvalue weighted by molar-refractivity contribution is 5.63. The molecule has 4 aromatic heterocycles. The topological polar surface area (TPSA) is 56.0 Å². The molecule has 4 heterocycles. The quantitative estimate of drug-likeness (QED) is 0.507. The van der Waals surface area contributed by atoms with Gasteiger partial charge in [-0.3, -0.25) is 9.97 Å². The zero-order chi connectivity index (χ0) is 15.5. The number of hydrogen-bond acceptors (Lipinski definition) is 4. The SMILES string of the molecule is C(#Cc1ccn2nccc2n1)c1cncc(-c2cccnc2)c1. The number of rotatable bonds is 1. The molecule has 0 unspecified atom stereocenters. The predicted octanol–water partition coefficient (Wildman–Crippen LogP) is 2.59. The van der Waals surface area contributed by atoms with E-state index in [9.17, 15) is 0 Å². The summed E-state index contributed by atoms with van der Waals surface area (Å²) in [4.78, 5) is 12.8. The highest BCUT2D eigenvalue weighted by atomic mass is 15.2. The van der Waals surface area contributed by atoms with Crippen molar-refractivity contribution in [3.63, 3.8) is 0 Å². The van der Waals surface area contributed by atoms with Crippen LogP contribution in [0.1, 0.15) is 11.3 Å². The molecule has 0 saturated heterocycles. The predicted molar refractivity (Wildman–Crippen MR) is 86.4 cm³/mol. The number of hydrogen-bond donors (Lipinski definition) is 0. The van der Waals surface area contributed by atoms with Crippen molar-refractivity contribution < 1.29 is 0 Å². The van der Waals surface area contributed by atoms with Crippen LogP contribution >= 0.6 is 0 Å². The molecule has 0 aliphatic carbocycles. The fraction of sp³-hybridized carbons (Fsp3) is 0. The third-order valence-corrected chi connectivity index (χ3v) is 3.33. The van der Waals surface area contributed by atoms with E-state index in [-0.39, 0.29) is 0 Å². The van der Waals surface area contributed by atoms with Crippen LogP contribution in [0.25, 0.3) is 16.8 Å². The molecule has 0 aliphatic rings. The summed E-state index contributed by atoms with van der Waals surface area (Å²) in [6.07, 6.45) is 10.7. The van der Waals surface area contributed by atoms with E-state index in [2.05, 4.69) is 31.9 Å². The van der Waals surface area contributed by atoms with Gasteiger partial charge in [-0.15, -0.1) is 0 Å². The van der Waals surface area contributed by atoms with Crippen LogP contribution < -0.4 is 0 Å². The molecule has 23 heavy (non-hydrogen) atoms. The molecule has 0 bridgehead atoms. The molecule has 0 amide bonds. The van der Waals surface area contributed by atoms with Gasteiger partial charge >= 0.3 is 0 Å². The summed E-state index contributed by atoms with van der Waals surface area (Å²) in [7, 11) is 0. The molecule has 108 valence electrons. The monoisotopic (exact) mass is 297 g/mol. The van der Waals surface area contributed by atoms with E-state index in [1.54, 1.807) is 29.3 Å². The second kappa shape index (κ2) is 5.70. The van der Waals surface area contributed by atoms with Crippen LogP contribution in [0.4, 0.5) is 0 Å². The Morgan fingerprint density at radius 1 is 0.870 bits per heavy atom. The third-order valence-electron chi connectivity index (χ3n) is 3.33. The molecule has 0 aromatic carbocycles. The zero-order valence-electron chi connectivity index (χ0n) is 12.1. The average Bonchev–Trinajstić information content (AvgIpc) is 3.09. The maximum atomic E-state index is 4.43. The summed E-state index contributed by atoms with van der Waals surface area (Å²) in [5, 5.41) is 4.11. The minimum Gasteiger partial charge on any atom is -0.264 e. The Bertz CT molecular complexity index is 1030. The van der Waals surface area contributed by atoms with Crippen molar-refractivity contribution >= 4 is 5.65 Å². The van der Waals surface area contributed by atoms with Crippen molar-refractivity contribution in [3.8, 4) is 23.0 Å². The summed E-state index contributed by atoms with van der Waals surface area (Å²) < 4.78 is 1.70. The van der Waals surface area contributed by atoms with Crippen molar-refractivity contribution in [2.24, 2.45) is 0 Å². The van der Waals surface area contributed by atoms with Gasteiger partial charge in [0.25, 0.3) is 0 Å². The average molecular weight is 297 g/mol. The van der Waals surface area contributed by atoms with E-state index in [1.165, 1.54) is 0 Å². The fourth-order valence-corrected chi connectivity index (χ4v) is 2.22. The Kier molecular flexibility index (Phi) is 3.26. The van der Waals surface area contributed by atoms with Crippen LogP contribution in [-0.2, 0) is 0 Å². The van der Waals surface area contributed by atoms with E-state index in [4.69, 9.17) is 0 Å². The Hall–Kier alpha value is -3.52. The Morgan fingerprint density at radius 3 is 2.74 bits per heavy atom. The van der Waals surface area contributed by atoms with E-state index in [1.807, 2.05) is 42.7 Å². The lowest BCUT2D eigenvalue weighted by Crippen LogP contribution is -1.91. The second-order valence-corrected chi connectivity index (χ2v) is 4.90. The first-order valence-corrected chi connectivity index (χ1v) is 7.06. The summed E-state index contributed by atoms with van der Waals surface area (Å²) in [5.41, 5.74) is 4.32. The van der Waals surface area contributed by atoms with Crippen LogP contribution in [0.3, 0.4) is 0 Å². The van der Waals surface area contributed by atoms with Crippen molar-refractivity contribution in [2.75, 3.05) is 0 Å². The van der Waals surface area contributed by atoms with Crippen LogP contribution in [-0.4, -0.2) is 24.6 Å². The summed E-state index contributed by atoms with van der Waals surface area (Å²) in [6.45, 7) is 0. The number of pyridine rings is 2. The van der Waals surface area contributed by atoms with E-state index in [0.29, 0.717) is 5.69 Å². The van der Waals surface area contributed by atoms with Crippen LogP contribution in [0, 0.1) is 11.8 Å². The third kappa shape index (κ3) is 2.78. The molecule has 5 nitrogen and oxygen atoms in total. The van der Waals surface area contributed by atoms with Crippen molar-refractivity contribution in [2.45, 2.75) is 0 Å². The van der Waals surface area contributed by atoms with Gasteiger partial charge < -0.3 is 0 Å². The van der Waals surface area contributed by atoms with Gasteiger partial charge in [0.2, 0.25) is 0 Å². The highest BCUT2D eigenvalue weighted by Crippen LogP contribution is 2.17. The minimum absolute atomic E-state index is 0.699. The van der Waals surface area contributed by atoms with Gasteiger partial charge in [0.1, 0.15) is 5.69 Å². The maximum absolute atomic E-state index is 4.43. The molecular formula is C18H11N5. The Morgan fingerprint density at radius 2 is 1.83 bits per heavy atom. The van der Waals surface area contributed by atoms with Gasteiger partial charge in [0.15, 0.2) is 5.65 Å². The van der Waals surface area contributed by atoms with Gasteiger partial charge in [-0.1, -0.05) is 12.0 Å². The lowest BCUT2D eigenvalue weighted by Gasteiger charge is -2.00. The summed E-state index contributed by atoms with van der Waals surface area (Å²) in [5.74, 6) is 6.17. The highest BCUT2D eigenvalue weighted by Gasteiger charge is 1.99. The molecule has 0 fully saturated rings. The minimum atomic E-state index is 0.699. The van der Waals surface area contributed by atoms with Crippen LogP contribution in [0.2, 0.25) is 0 Å². The molecule has 4 rings (SSSR count). The lowest BCUT2D eigenvalue weighted by molar-refractivity contribution is 0.936. The molecular weight excluding hydrogens is 286 g/mol. The molecule has 0 atom stereocenters. The van der Waals surface area contributed by atoms with Gasteiger partial charge in [-0.2, -0.15) is 5.10 Å². The fourth-order valence-electron chi connectivity index (χ4n) is 2.22. The number of nitrogens with zero attached hydrogens (tertiary/aromatic N) is 5. The van der Waals surface area contributed by atoms with Gasteiger partial charge in [-0.05, 0) is 24.1 Å². The van der Waals surface area contributed by atoms with Gasteiger partial charge in [0, 0.05) is 53.7 Å². The van der Waals surface area contributed by atoms with Crippen LogP contribution in [0.15, 0.2) is 67.5 Å². The molecule has 0 radical (unpaired) electrons. The smallest absolute Gasteiger partial charge is 0.156 e. The van der Waals surface area contributed by atoms with Crippen molar-refractivity contribution in [1.29, 1.82) is 0 Å². The van der Waals surface area contributed by atoms with E-state index >= 15 is 0 Å². The lowest BCUT2D eigenvalue weighted by atomic mass is 10.1. The largest absolute Gasteiger partial charge is 0.264 e. The molecule has 0 saturated carbocycles. The van der Waals surface area contributed by atoms with Gasteiger partial charge in [-0.25, -0.2) is 9.50 Å².